The summed E-state index contributed by atoms with van der Waals surface area (Å²) in [5, 5.41) is 4.05. The highest BCUT2D eigenvalue weighted by atomic mass is 16.7. The van der Waals surface area contributed by atoms with Crippen LogP contribution < -0.4 is 5.46 Å². The van der Waals surface area contributed by atoms with E-state index in [1.54, 1.807) is 0 Å². The Morgan fingerprint density at radius 3 is 2.47 bits per heavy atom. The van der Waals surface area contributed by atoms with Crippen molar-refractivity contribution < 1.29 is 14.8 Å². The van der Waals surface area contributed by atoms with E-state index >= 15 is 0 Å². The lowest BCUT2D eigenvalue weighted by molar-refractivity contribution is 0.00578. The summed E-state index contributed by atoms with van der Waals surface area (Å²) in [4.78, 5) is 0. The third-order valence-corrected chi connectivity index (χ3v) is 3.51. The van der Waals surface area contributed by atoms with Crippen molar-refractivity contribution in [1.29, 1.82) is 0 Å². The third kappa shape index (κ3) is 2.02. The van der Waals surface area contributed by atoms with Crippen LogP contribution in [0.3, 0.4) is 0 Å². The molecule has 2 rings (SSSR count). The van der Waals surface area contributed by atoms with Gasteiger partial charge in [0.2, 0.25) is 0 Å². The van der Waals surface area contributed by atoms with Gasteiger partial charge in [0, 0.05) is 22.3 Å². The average molecular weight is 240 g/mol. The lowest BCUT2D eigenvalue weighted by atomic mass is 9.79. The molecule has 1 aromatic rings. The zero-order valence-electron chi connectivity index (χ0n) is 15.0. The average Bonchev–Trinajstić information content (AvgIpc) is 2.73. The number of aryl methyl sites for hydroxylation is 2. The molecule has 1 aliphatic heterocycles. The lowest BCUT2D eigenvalue weighted by Gasteiger charge is -2.32. The summed E-state index contributed by atoms with van der Waals surface area (Å²) in [5.41, 5.74) is -1.10. The molecule has 17 heavy (non-hydrogen) atoms. The van der Waals surface area contributed by atoms with Gasteiger partial charge in [-0.25, -0.2) is 0 Å². The van der Waals surface area contributed by atoms with Gasteiger partial charge in [0.1, 0.15) is 0 Å². The van der Waals surface area contributed by atoms with Crippen molar-refractivity contribution in [3.05, 3.63) is 11.9 Å². The molecule has 1 saturated heterocycles. The monoisotopic (exact) mass is 240 g/mol. The number of aromatic nitrogens is 2. The molecular formula is C12H21BN2O2. The Bertz CT molecular complexity index is 538. The van der Waals surface area contributed by atoms with Gasteiger partial charge in [0.15, 0.2) is 0 Å². The molecule has 0 saturated carbocycles. The van der Waals surface area contributed by atoms with Gasteiger partial charge >= 0.3 is 7.12 Å². The van der Waals surface area contributed by atoms with Gasteiger partial charge in [-0.05, 0) is 41.5 Å². The van der Waals surface area contributed by atoms with Crippen LogP contribution in [0.4, 0.5) is 0 Å². The SMILES string of the molecule is [2H]c1c(B2OC(C)(C)C(C)(C)O2)c(C([2H])([2H])[2H])nn1CC. The van der Waals surface area contributed by atoms with Gasteiger partial charge in [-0.1, -0.05) is 0 Å². The van der Waals surface area contributed by atoms with Crippen LogP contribution in [0.2, 0.25) is 0 Å². The van der Waals surface area contributed by atoms with Crippen molar-refractivity contribution in [2.24, 2.45) is 0 Å². The molecular weight excluding hydrogens is 215 g/mol. The van der Waals surface area contributed by atoms with Crippen LogP contribution in [-0.4, -0.2) is 28.1 Å². The molecule has 0 spiro atoms. The summed E-state index contributed by atoms with van der Waals surface area (Å²) >= 11 is 0. The van der Waals surface area contributed by atoms with Crippen LogP contribution in [-0.2, 0) is 15.9 Å². The first-order chi connectivity index (χ1) is 9.40. The molecule has 0 aliphatic carbocycles. The van der Waals surface area contributed by atoms with Crippen LogP contribution in [0.15, 0.2) is 6.17 Å². The van der Waals surface area contributed by atoms with Crippen molar-refractivity contribution in [2.75, 3.05) is 0 Å². The zero-order valence-corrected chi connectivity index (χ0v) is 11.0. The van der Waals surface area contributed by atoms with Crippen LogP contribution in [0.5, 0.6) is 0 Å². The molecule has 0 aromatic carbocycles. The minimum atomic E-state index is -2.41. The maximum Gasteiger partial charge on any atom is 0.498 e. The van der Waals surface area contributed by atoms with E-state index in [1.165, 1.54) is 4.68 Å². The van der Waals surface area contributed by atoms with Crippen LogP contribution >= 0.6 is 0 Å². The fourth-order valence-electron chi connectivity index (χ4n) is 1.67. The van der Waals surface area contributed by atoms with Crippen LogP contribution in [0.25, 0.3) is 0 Å². The summed E-state index contributed by atoms with van der Waals surface area (Å²) < 4.78 is 44.1. The second-order valence-electron chi connectivity index (χ2n) is 5.28. The smallest absolute Gasteiger partial charge is 0.399 e. The third-order valence-electron chi connectivity index (χ3n) is 3.51. The lowest BCUT2D eigenvalue weighted by Crippen LogP contribution is -2.41. The van der Waals surface area contributed by atoms with Crippen molar-refractivity contribution in [3.8, 4) is 0 Å². The summed E-state index contributed by atoms with van der Waals surface area (Å²) in [7, 11) is -0.891. The van der Waals surface area contributed by atoms with Crippen molar-refractivity contribution in [3.63, 3.8) is 0 Å². The number of rotatable bonds is 2. The van der Waals surface area contributed by atoms with E-state index in [9.17, 15) is 0 Å². The molecule has 0 amide bonds. The standard InChI is InChI=1S/C12H21BN2O2/c1-7-15-8-10(9(2)14-15)13-16-11(3,4)12(5,6)17-13/h8H,7H2,1-6H3/i2D3,8D. The highest BCUT2D eigenvalue weighted by Crippen LogP contribution is 2.36. The first kappa shape index (κ1) is 8.32. The molecule has 0 bridgehead atoms. The van der Waals surface area contributed by atoms with Gasteiger partial charge in [-0.3, -0.25) is 4.68 Å². The number of nitrogens with zero attached hydrogens (tertiary/aromatic N) is 2. The molecule has 0 radical (unpaired) electrons. The zero-order chi connectivity index (χ0) is 16.2. The van der Waals surface area contributed by atoms with Crippen molar-refractivity contribution >= 4 is 12.6 Å². The summed E-state index contributed by atoms with van der Waals surface area (Å²) in [6, 6.07) is 0. The minimum Gasteiger partial charge on any atom is -0.399 e. The van der Waals surface area contributed by atoms with E-state index in [-0.39, 0.29) is 17.3 Å². The quantitative estimate of drug-likeness (QED) is 0.735. The summed E-state index contributed by atoms with van der Waals surface area (Å²) in [6.45, 7) is 7.36. The summed E-state index contributed by atoms with van der Waals surface area (Å²) in [6.07, 6.45) is 0.0297. The van der Waals surface area contributed by atoms with Crippen molar-refractivity contribution in [1.82, 2.24) is 9.78 Å². The van der Waals surface area contributed by atoms with Crippen LogP contribution in [0, 0.1) is 6.85 Å². The van der Waals surface area contributed by atoms with Gasteiger partial charge < -0.3 is 9.31 Å². The van der Waals surface area contributed by atoms with Crippen molar-refractivity contribution in [2.45, 2.75) is 59.2 Å². The highest BCUT2D eigenvalue weighted by molar-refractivity contribution is 6.62. The van der Waals surface area contributed by atoms with E-state index in [0.29, 0.717) is 6.54 Å². The molecule has 1 aromatic heterocycles. The molecule has 94 valence electrons. The summed E-state index contributed by atoms with van der Waals surface area (Å²) in [5.74, 6) is 0. The Balaban J connectivity index is 2.53. The molecule has 2 heterocycles. The maximum atomic E-state index is 8.16. The Labute approximate surface area is 109 Å². The van der Waals surface area contributed by atoms with Gasteiger partial charge in [-0.15, -0.1) is 0 Å². The molecule has 1 fully saturated rings. The van der Waals surface area contributed by atoms with Crippen LogP contribution in [0.1, 0.15) is 45.8 Å². The molecule has 4 nitrogen and oxygen atoms in total. The maximum absolute atomic E-state index is 8.16. The Morgan fingerprint density at radius 1 is 1.41 bits per heavy atom. The number of hydrogen-bond acceptors (Lipinski definition) is 3. The van der Waals surface area contributed by atoms with Gasteiger partial charge in [0.25, 0.3) is 0 Å². The first-order valence-electron chi connectivity index (χ1n) is 7.84. The van der Waals surface area contributed by atoms with Gasteiger partial charge in [0.05, 0.1) is 18.3 Å². The Morgan fingerprint density at radius 2 is 2.00 bits per heavy atom. The second-order valence-corrected chi connectivity index (χ2v) is 5.28. The fourth-order valence-corrected chi connectivity index (χ4v) is 1.67. The largest absolute Gasteiger partial charge is 0.498 e. The predicted octanol–water partition coefficient (Wildman–Crippen LogP) is 1.51. The molecule has 1 aliphatic rings. The fraction of sp³-hybridized carbons (Fsp3) is 0.750. The predicted molar refractivity (Wildman–Crippen MR) is 68.4 cm³/mol. The minimum absolute atomic E-state index is 0.0297. The normalized spacial score (nSPS) is 26.3. The van der Waals surface area contributed by atoms with E-state index in [0.717, 1.165) is 0 Å². The Hall–Kier alpha value is -0.805. The van der Waals surface area contributed by atoms with E-state index < -0.39 is 25.2 Å². The molecule has 0 N–H and O–H groups in total. The topological polar surface area (TPSA) is 36.3 Å². The van der Waals surface area contributed by atoms with E-state index in [4.69, 9.17) is 14.8 Å². The first-order valence-corrected chi connectivity index (χ1v) is 5.84. The highest BCUT2D eigenvalue weighted by Gasteiger charge is 2.52. The number of hydrogen-bond donors (Lipinski definition) is 0. The Kier molecular flexibility index (Phi) is 1.89. The van der Waals surface area contributed by atoms with Gasteiger partial charge in [-0.2, -0.15) is 5.10 Å². The molecule has 0 unspecified atom stereocenters. The van der Waals surface area contributed by atoms with E-state index in [1.807, 2.05) is 34.6 Å². The second kappa shape index (κ2) is 3.85. The molecule has 5 heteroatoms. The molecule has 0 atom stereocenters. The van der Waals surface area contributed by atoms with E-state index in [2.05, 4.69) is 5.10 Å².